The molecule has 3 rings (SSSR count). The average molecular weight is 242 g/mol. The van der Waals surface area contributed by atoms with Gasteiger partial charge in [0.15, 0.2) is 0 Å². The molecule has 0 bridgehead atoms. The van der Waals surface area contributed by atoms with E-state index in [1.54, 1.807) is 18.6 Å². The molecule has 1 unspecified atom stereocenters. The first-order chi connectivity index (χ1) is 8.75. The molecule has 92 valence electrons. The number of hydrogen-bond donors (Lipinski definition) is 1. The van der Waals surface area contributed by atoms with Crippen molar-refractivity contribution in [1.82, 2.24) is 9.78 Å². The van der Waals surface area contributed by atoms with Crippen molar-refractivity contribution in [2.24, 2.45) is 7.05 Å². The molecule has 3 aromatic rings. The molecule has 0 radical (unpaired) electrons. The molecule has 0 amide bonds. The second-order valence-electron chi connectivity index (χ2n) is 4.36. The van der Waals surface area contributed by atoms with Gasteiger partial charge in [-0.15, -0.1) is 0 Å². The molecule has 1 aromatic carbocycles. The predicted molar refractivity (Wildman–Crippen MR) is 68.1 cm³/mol. The monoisotopic (exact) mass is 242 g/mol. The molecule has 0 aliphatic heterocycles. The summed E-state index contributed by atoms with van der Waals surface area (Å²) in [6.45, 7) is 0. The van der Waals surface area contributed by atoms with Crippen molar-refractivity contribution in [3.63, 3.8) is 0 Å². The summed E-state index contributed by atoms with van der Waals surface area (Å²) >= 11 is 0. The fourth-order valence-electron chi connectivity index (χ4n) is 2.21. The first kappa shape index (κ1) is 11.0. The Balaban J connectivity index is 1.96. The van der Waals surface area contributed by atoms with E-state index < -0.39 is 6.10 Å². The molecule has 0 aliphatic carbocycles. The van der Waals surface area contributed by atoms with Crippen molar-refractivity contribution < 1.29 is 9.52 Å². The first-order valence-electron chi connectivity index (χ1n) is 5.86. The van der Waals surface area contributed by atoms with Crippen molar-refractivity contribution in [2.45, 2.75) is 12.5 Å². The molecule has 0 saturated heterocycles. The van der Waals surface area contributed by atoms with Crippen LogP contribution in [0.3, 0.4) is 0 Å². The molecule has 2 aromatic heterocycles. The van der Waals surface area contributed by atoms with Gasteiger partial charge in [0.1, 0.15) is 0 Å². The van der Waals surface area contributed by atoms with Gasteiger partial charge < -0.3 is 9.52 Å². The lowest BCUT2D eigenvalue weighted by Gasteiger charge is -2.05. The Bertz CT molecular complexity index is 656. The summed E-state index contributed by atoms with van der Waals surface area (Å²) in [5.74, 6) is 0. The predicted octanol–water partition coefficient (Wildman–Crippen LogP) is 2.44. The summed E-state index contributed by atoms with van der Waals surface area (Å²) in [6.07, 6.45) is 3.04. The number of rotatable bonds is 3. The van der Waals surface area contributed by atoms with Crippen LogP contribution < -0.4 is 0 Å². The molecule has 0 saturated carbocycles. The third-order valence-corrected chi connectivity index (χ3v) is 3.15. The van der Waals surface area contributed by atoms with E-state index in [4.69, 9.17) is 4.42 Å². The Morgan fingerprint density at radius 2 is 2.17 bits per heavy atom. The van der Waals surface area contributed by atoms with E-state index in [-0.39, 0.29) is 0 Å². The van der Waals surface area contributed by atoms with Crippen LogP contribution in [0, 0.1) is 0 Å². The minimum atomic E-state index is -0.581. The van der Waals surface area contributed by atoms with Gasteiger partial charge in [-0.1, -0.05) is 18.2 Å². The van der Waals surface area contributed by atoms with E-state index >= 15 is 0 Å². The zero-order valence-corrected chi connectivity index (χ0v) is 10.1. The number of fused-ring (bicyclic) bond motifs is 1. The standard InChI is InChI=1S/C14H14N2O2/c1-16-13-5-3-2-4-11(13)12(15-16)8-14(17)10-6-7-18-9-10/h2-7,9,14,17H,8H2,1H3. The number of nitrogens with zero attached hydrogens (tertiary/aromatic N) is 2. The van der Waals surface area contributed by atoms with Crippen molar-refractivity contribution in [2.75, 3.05) is 0 Å². The molecule has 1 atom stereocenters. The molecule has 18 heavy (non-hydrogen) atoms. The summed E-state index contributed by atoms with van der Waals surface area (Å²) in [4.78, 5) is 0. The van der Waals surface area contributed by atoms with Gasteiger partial charge in [0, 0.05) is 24.4 Å². The summed E-state index contributed by atoms with van der Waals surface area (Å²) in [7, 11) is 1.91. The van der Waals surface area contributed by atoms with Gasteiger partial charge in [-0.2, -0.15) is 5.10 Å². The van der Waals surface area contributed by atoms with Crippen molar-refractivity contribution in [3.8, 4) is 0 Å². The summed E-state index contributed by atoms with van der Waals surface area (Å²) < 4.78 is 6.82. The molecule has 4 heteroatoms. The van der Waals surface area contributed by atoms with Crippen LogP contribution in [0.25, 0.3) is 10.9 Å². The molecule has 0 fully saturated rings. The quantitative estimate of drug-likeness (QED) is 0.767. The number of aromatic nitrogens is 2. The van der Waals surface area contributed by atoms with Crippen LogP contribution in [-0.2, 0) is 13.5 Å². The van der Waals surface area contributed by atoms with Crippen LogP contribution >= 0.6 is 0 Å². The third-order valence-electron chi connectivity index (χ3n) is 3.15. The van der Waals surface area contributed by atoms with Crippen LogP contribution in [0.4, 0.5) is 0 Å². The van der Waals surface area contributed by atoms with Gasteiger partial charge in [0.2, 0.25) is 0 Å². The van der Waals surface area contributed by atoms with Crippen LogP contribution in [-0.4, -0.2) is 14.9 Å². The Labute approximate surface area is 104 Å². The maximum absolute atomic E-state index is 10.1. The smallest absolute Gasteiger partial charge is 0.0960 e. The fraction of sp³-hybridized carbons (Fsp3) is 0.214. The van der Waals surface area contributed by atoms with Crippen LogP contribution in [0.1, 0.15) is 17.4 Å². The van der Waals surface area contributed by atoms with Crippen molar-refractivity contribution in [1.29, 1.82) is 0 Å². The lowest BCUT2D eigenvalue weighted by atomic mass is 10.1. The van der Waals surface area contributed by atoms with Crippen molar-refractivity contribution in [3.05, 3.63) is 54.1 Å². The average Bonchev–Trinajstić information content (AvgIpc) is 3.00. The van der Waals surface area contributed by atoms with Crippen LogP contribution in [0.2, 0.25) is 0 Å². The summed E-state index contributed by atoms with van der Waals surface area (Å²) in [5, 5.41) is 15.7. The number of aliphatic hydroxyl groups is 1. The maximum Gasteiger partial charge on any atom is 0.0960 e. The zero-order valence-electron chi connectivity index (χ0n) is 10.1. The number of hydrogen-bond acceptors (Lipinski definition) is 3. The summed E-state index contributed by atoms with van der Waals surface area (Å²) in [6, 6.07) is 9.80. The van der Waals surface area contributed by atoms with Crippen molar-refractivity contribution >= 4 is 10.9 Å². The van der Waals surface area contributed by atoms with Gasteiger partial charge >= 0.3 is 0 Å². The largest absolute Gasteiger partial charge is 0.472 e. The zero-order chi connectivity index (χ0) is 12.5. The second-order valence-corrected chi connectivity index (χ2v) is 4.36. The molecule has 0 aliphatic rings. The molecular formula is C14H14N2O2. The van der Waals surface area contributed by atoms with E-state index in [9.17, 15) is 5.11 Å². The maximum atomic E-state index is 10.1. The van der Waals surface area contributed by atoms with Gasteiger partial charge in [0.25, 0.3) is 0 Å². The SMILES string of the molecule is Cn1nc(CC(O)c2ccoc2)c2ccccc21. The number of furan rings is 1. The molecule has 0 spiro atoms. The Morgan fingerprint density at radius 1 is 1.33 bits per heavy atom. The van der Waals surface area contributed by atoms with E-state index in [2.05, 4.69) is 5.10 Å². The minimum absolute atomic E-state index is 0.487. The van der Waals surface area contributed by atoms with Crippen LogP contribution in [0.15, 0.2) is 47.3 Å². The van der Waals surface area contributed by atoms with Crippen LogP contribution in [0.5, 0.6) is 0 Å². The summed E-state index contributed by atoms with van der Waals surface area (Å²) in [5.41, 5.74) is 2.76. The Kier molecular flexibility index (Phi) is 2.64. The molecule has 4 nitrogen and oxygen atoms in total. The van der Waals surface area contributed by atoms with Gasteiger partial charge in [0.05, 0.1) is 29.8 Å². The number of benzene rings is 1. The highest BCUT2D eigenvalue weighted by Crippen LogP contribution is 2.23. The lowest BCUT2D eigenvalue weighted by Crippen LogP contribution is -2.02. The number of aliphatic hydroxyl groups excluding tert-OH is 1. The molecular weight excluding hydrogens is 228 g/mol. The fourth-order valence-corrected chi connectivity index (χ4v) is 2.21. The van der Waals surface area contributed by atoms with Gasteiger partial charge in [-0.3, -0.25) is 4.68 Å². The second kappa shape index (κ2) is 4.31. The molecule has 2 heterocycles. The molecule has 1 N–H and O–H groups in total. The third kappa shape index (κ3) is 1.80. The Hall–Kier alpha value is -2.07. The highest BCUT2D eigenvalue weighted by molar-refractivity contribution is 5.81. The normalized spacial score (nSPS) is 13.0. The number of para-hydroxylation sites is 1. The minimum Gasteiger partial charge on any atom is -0.472 e. The first-order valence-corrected chi connectivity index (χ1v) is 5.86. The van der Waals surface area contributed by atoms with Gasteiger partial charge in [-0.05, 0) is 12.1 Å². The topological polar surface area (TPSA) is 51.2 Å². The van der Waals surface area contributed by atoms with E-state index in [1.165, 1.54) is 0 Å². The highest BCUT2D eigenvalue weighted by Gasteiger charge is 2.15. The lowest BCUT2D eigenvalue weighted by molar-refractivity contribution is 0.176. The Morgan fingerprint density at radius 3 is 2.94 bits per heavy atom. The van der Waals surface area contributed by atoms with E-state index in [0.29, 0.717) is 6.42 Å². The van der Waals surface area contributed by atoms with Gasteiger partial charge in [-0.25, -0.2) is 0 Å². The number of aryl methyl sites for hydroxylation is 1. The van der Waals surface area contributed by atoms with E-state index in [1.807, 2.05) is 36.0 Å². The van der Waals surface area contributed by atoms with E-state index in [0.717, 1.165) is 22.2 Å². The highest BCUT2D eigenvalue weighted by atomic mass is 16.3.